The molecule has 0 amide bonds. The van der Waals surface area contributed by atoms with Gasteiger partial charge in [-0.25, -0.2) is 0 Å². The first-order valence-electron chi connectivity index (χ1n) is 9.49. The summed E-state index contributed by atoms with van der Waals surface area (Å²) >= 11 is 7.09. The lowest BCUT2D eigenvalue weighted by Gasteiger charge is -2.36. The van der Waals surface area contributed by atoms with E-state index >= 15 is 0 Å². The maximum atomic E-state index is 10.7. The predicted octanol–water partition coefficient (Wildman–Crippen LogP) is 4.93. The van der Waals surface area contributed by atoms with E-state index in [0.717, 1.165) is 23.4 Å². The van der Waals surface area contributed by atoms with Crippen LogP contribution in [0.5, 0.6) is 0 Å². The summed E-state index contributed by atoms with van der Waals surface area (Å²) in [6, 6.07) is 0. The Morgan fingerprint density at radius 2 is 1.62 bits per heavy atom. The van der Waals surface area contributed by atoms with Crippen LogP contribution in [0.4, 0.5) is 0 Å². The first-order chi connectivity index (χ1) is 11.6. The standard InChI is InChI=1S/C18H34N2O2S2/c1-2-3-4-5-6-7-8-9-10-11-13-20-15-19(14-12-17(21)22)16-24-18(20)23/h2-16H2,1H3,(H,21,22). The molecule has 1 N–H and O–H groups in total. The molecule has 1 saturated heterocycles. The van der Waals surface area contributed by atoms with Crippen molar-refractivity contribution in [3.63, 3.8) is 0 Å². The summed E-state index contributed by atoms with van der Waals surface area (Å²) in [6.07, 6.45) is 13.6. The van der Waals surface area contributed by atoms with Crippen molar-refractivity contribution in [1.29, 1.82) is 0 Å². The van der Waals surface area contributed by atoms with Gasteiger partial charge in [-0.1, -0.05) is 88.7 Å². The Morgan fingerprint density at radius 3 is 2.21 bits per heavy atom. The number of hydrogen-bond acceptors (Lipinski definition) is 4. The minimum Gasteiger partial charge on any atom is -0.481 e. The Hall–Kier alpha value is -0.330. The monoisotopic (exact) mass is 374 g/mol. The minimum atomic E-state index is -0.727. The fourth-order valence-corrected chi connectivity index (χ4v) is 4.06. The average molecular weight is 375 g/mol. The second-order valence-electron chi connectivity index (χ2n) is 6.66. The van der Waals surface area contributed by atoms with Crippen molar-refractivity contribution in [2.24, 2.45) is 0 Å². The van der Waals surface area contributed by atoms with E-state index in [1.807, 2.05) is 0 Å². The van der Waals surface area contributed by atoms with Gasteiger partial charge in [0.15, 0.2) is 0 Å². The lowest BCUT2D eigenvalue weighted by atomic mass is 10.1. The van der Waals surface area contributed by atoms with Crippen LogP contribution in [-0.4, -0.2) is 50.8 Å². The summed E-state index contributed by atoms with van der Waals surface area (Å²) in [6.45, 7) is 4.67. The third-order valence-corrected chi connectivity index (χ3v) is 6.03. The van der Waals surface area contributed by atoms with Gasteiger partial charge in [0.1, 0.15) is 4.32 Å². The second kappa shape index (κ2) is 13.9. The van der Waals surface area contributed by atoms with Gasteiger partial charge in [0.05, 0.1) is 19.0 Å². The third kappa shape index (κ3) is 10.5. The van der Waals surface area contributed by atoms with Crippen LogP contribution < -0.4 is 0 Å². The lowest BCUT2D eigenvalue weighted by Crippen LogP contribution is -2.45. The van der Waals surface area contributed by atoms with Gasteiger partial charge in [0.2, 0.25) is 0 Å². The maximum absolute atomic E-state index is 10.7. The lowest BCUT2D eigenvalue weighted by molar-refractivity contribution is -0.137. The number of hydrogen-bond donors (Lipinski definition) is 1. The fraction of sp³-hybridized carbons (Fsp3) is 0.889. The topological polar surface area (TPSA) is 43.8 Å². The van der Waals surface area contributed by atoms with Gasteiger partial charge in [-0.2, -0.15) is 0 Å². The average Bonchev–Trinajstić information content (AvgIpc) is 2.56. The fourth-order valence-electron chi connectivity index (χ4n) is 2.92. The van der Waals surface area contributed by atoms with E-state index < -0.39 is 5.97 Å². The second-order valence-corrected chi connectivity index (χ2v) is 8.24. The molecule has 1 fully saturated rings. The Kier molecular flexibility index (Phi) is 12.6. The zero-order chi connectivity index (χ0) is 17.6. The van der Waals surface area contributed by atoms with Crippen molar-refractivity contribution >= 4 is 34.3 Å². The number of thiocarbonyl (C=S) groups is 1. The first-order valence-corrected chi connectivity index (χ1v) is 10.9. The molecule has 0 radical (unpaired) electrons. The van der Waals surface area contributed by atoms with Crippen molar-refractivity contribution in [2.45, 2.75) is 77.6 Å². The van der Waals surface area contributed by atoms with Gasteiger partial charge in [0, 0.05) is 13.1 Å². The van der Waals surface area contributed by atoms with Crippen LogP contribution in [0, 0.1) is 0 Å². The number of carboxylic acid groups (broad SMARTS) is 1. The van der Waals surface area contributed by atoms with Crippen LogP contribution in [0.2, 0.25) is 0 Å². The number of unbranched alkanes of at least 4 members (excludes halogenated alkanes) is 9. The number of carboxylic acids is 1. The van der Waals surface area contributed by atoms with E-state index in [1.165, 1.54) is 64.2 Å². The van der Waals surface area contributed by atoms with Crippen LogP contribution in [0.1, 0.15) is 77.6 Å². The molecule has 1 aliphatic rings. The van der Waals surface area contributed by atoms with E-state index in [9.17, 15) is 4.79 Å². The molecule has 24 heavy (non-hydrogen) atoms. The van der Waals surface area contributed by atoms with Crippen LogP contribution in [0.3, 0.4) is 0 Å². The number of aliphatic carboxylic acids is 1. The molecule has 0 aromatic rings. The molecular weight excluding hydrogens is 340 g/mol. The number of nitrogens with zero attached hydrogens (tertiary/aromatic N) is 2. The molecule has 0 atom stereocenters. The number of rotatable bonds is 14. The Bertz CT molecular complexity index is 367. The molecule has 4 nitrogen and oxygen atoms in total. The SMILES string of the molecule is CCCCCCCCCCCCN1CN(CCC(=O)O)CSC1=S. The summed E-state index contributed by atoms with van der Waals surface area (Å²) in [5, 5.41) is 8.79. The minimum absolute atomic E-state index is 0.208. The maximum Gasteiger partial charge on any atom is 0.304 e. The van der Waals surface area contributed by atoms with Crippen molar-refractivity contribution in [3.8, 4) is 0 Å². The van der Waals surface area contributed by atoms with Crippen molar-refractivity contribution in [3.05, 3.63) is 0 Å². The normalized spacial score (nSPS) is 15.9. The van der Waals surface area contributed by atoms with Crippen LogP contribution >= 0.6 is 24.0 Å². The molecule has 0 aromatic carbocycles. The van der Waals surface area contributed by atoms with Crippen molar-refractivity contribution in [2.75, 3.05) is 25.6 Å². The zero-order valence-electron chi connectivity index (χ0n) is 15.2. The molecule has 140 valence electrons. The summed E-state index contributed by atoms with van der Waals surface area (Å²) in [5.41, 5.74) is 0. The van der Waals surface area contributed by atoms with Crippen LogP contribution in [0.15, 0.2) is 0 Å². The molecule has 6 heteroatoms. The molecular formula is C18H34N2O2S2. The highest BCUT2D eigenvalue weighted by atomic mass is 32.2. The smallest absolute Gasteiger partial charge is 0.304 e. The summed E-state index contributed by atoms with van der Waals surface area (Å²) < 4.78 is 0.970. The van der Waals surface area contributed by atoms with Gasteiger partial charge >= 0.3 is 5.97 Å². The Balaban J connectivity index is 2.02. The molecule has 0 spiro atoms. The summed E-state index contributed by atoms with van der Waals surface area (Å²) in [4.78, 5) is 15.1. The van der Waals surface area contributed by atoms with Gasteiger partial charge in [-0.05, 0) is 6.42 Å². The third-order valence-electron chi connectivity index (χ3n) is 4.42. The summed E-state index contributed by atoms with van der Waals surface area (Å²) in [5.74, 6) is 0.0927. The van der Waals surface area contributed by atoms with Crippen molar-refractivity contribution in [1.82, 2.24) is 9.80 Å². The molecule has 1 rings (SSSR count). The predicted molar refractivity (Wildman–Crippen MR) is 107 cm³/mol. The molecule has 0 saturated carbocycles. The van der Waals surface area contributed by atoms with Crippen LogP contribution in [0.25, 0.3) is 0 Å². The number of thioether (sulfide) groups is 1. The first kappa shape index (κ1) is 21.7. The molecule has 0 unspecified atom stereocenters. The van der Waals surface area contributed by atoms with Gasteiger partial charge in [0.25, 0.3) is 0 Å². The van der Waals surface area contributed by atoms with Gasteiger partial charge in [-0.3, -0.25) is 9.69 Å². The van der Waals surface area contributed by atoms with E-state index in [-0.39, 0.29) is 6.42 Å². The molecule has 1 heterocycles. The van der Waals surface area contributed by atoms with E-state index in [1.54, 1.807) is 11.8 Å². The van der Waals surface area contributed by atoms with E-state index in [2.05, 4.69) is 16.7 Å². The zero-order valence-corrected chi connectivity index (χ0v) is 16.8. The van der Waals surface area contributed by atoms with E-state index in [0.29, 0.717) is 6.54 Å². The van der Waals surface area contributed by atoms with Gasteiger partial charge in [-0.15, -0.1) is 0 Å². The summed E-state index contributed by atoms with van der Waals surface area (Å²) in [7, 11) is 0. The van der Waals surface area contributed by atoms with E-state index in [4.69, 9.17) is 17.3 Å². The highest BCUT2D eigenvalue weighted by molar-refractivity contribution is 8.22. The van der Waals surface area contributed by atoms with Crippen LogP contribution in [-0.2, 0) is 4.79 Å². The quantitative estimate of drug-likeness (QED) is 0.343. The van der Waals surface area contributed by atoms with Gasteiger partial charge < -0.3 is 10.0 Å². The molecule has 1 aliphatic heterocycles. The Morgan fingerprint density at radius 1 is 1.04 bits per heavy atom. The Labute approximate surface area is 157 Å². The number of carbonyl (C=O) groups is 1. The highest BCUT2D eigenvalue weighted by Crippen LogP contribution is 2.20. The highest BCUT2D eigenvalue weighted by Gasteiger charge is 2.21. The largest absolute Gasteiger partial charge is 0.481 e. The molecule has 0 aliphatic carbocycles. The molecule has 0 aromatic heterocycles. The molecule has 0 bridgehead atoms. The van der Waals surface area contributed by atoms with Crippen molar-refractivity contribution < 1.29 is 9.90 Å².